The average molecular weight is 378 g/mol. The van der Waals surface area contributed by atoms with E-state index in [1.807, 2.05) is 23.3 Å². The molecular formula is C24H43NO2. The normalized spacial score (nSPS) is 13.3. The standard InChI is InChI=1S/C24H43NO2/c1-2-3-4-5-6-7-8-9-10-11-12-13-14-15-17-20-24(26)27-23-25-21-18-16-19-22-25/h16,18-19,21H,2-15,17,20,22-23H2,1H3. The molecule has 3 nitrogen and oxygen atoms in total. The van der Waals surface area contributed by atoms with Crippen molar-refractivity contribution in [3.05, 3.63) is 24.4 Å². The molecule has 0 unspecified atom stereocenters. The zero-order valence-electron chi connectivity index (χ0n) is 17.8. The molecule has 1 rings (SSSR count). The molecule has 1 aliphatic rings. The molecule has 0 aromatic heterocycles. The quantitative estimate of drug-likeness (QED) is 0.188. The van der Waals surface area contributed by atoms with Crippen LogP contribution in [0.5, 0.6) is 0 Å². The lowest BCUT2D eigenvalue weighted by Crippen LogP contribution is -2.24. The zero-order valence-corrected chi connectivity index (χ0v) is 17.8. The lowest BCUT2D eigenvalue weighted by molar-refractivity contribution is -0.147. The van der Waals surface area contributed by atoms with E-state index >= 15 is 0 Å². The molecule has 1 heterocycles. The van der Waals surface area contributed by atoms with Gasteiger partial charge in [-0.1, -0.05) is 109 Å². The van der Waals surface area contributed by atoms with Crippen LogP contribution < -0.4 is 0 Å². The smallest absolute Gasteiger partial charge is 0.307 e. The summed E-state index contributed by atoms with van der Waals surface area (Å²) in [6.07, 6.45) is 28.7. The first-order chi connectivity index (χ1) is 13.3. The predicted octanol–water partition coefficient (Wildman–Crippen LogP) is 7.13. The summed E-state index contributed by atoms with van der Waals surface area (Å²) in [6.45, 7) is 3.47. The Morgan fingerprint density at radius 3 is 1.78 bits per heavy atom. The second-order valence-electron chi connectivity index (χ2n) is 7.89. The van der Waals surface area contributed by atoms with Crippen molar-refractivity contribution in [3.63, 3.8) is 0 Å². The fourth-order valence-electron chi connectivity index (χ4n) is 3.47. The highest BCUT2D eigenvalue weighted by Crippen LogP contribution is 2.13. The number of ether oxygens (including phenoxy) is 1. The highest BCUT2D eigenvalue weighted by Gasteiger charge is 2.05. The van der Waals surface area contributed by atoms with E-state index in [0.29, 0.717) is 13.2 Å². The van der Waals surface area contributed by atoms with E-state index in [4.69, 9.17) is 4.74 Å². The van der Waals surface area contributed by atoms with Crippen molar-refractivity contribution in [3.8, 4) is 0 Å². The van der Waals surface area contributed by atoms with Gasteiger partial charge in [0, 0.05) is 19.2 Å². The van der Waals surface area contributed by atoms with Gasteiger partial charge in [0.15, 0.2) is 6.73 Å². The number of nitrogens with zero attached hydrogens (tertiary/aromatic N) is 1. The molecule has 0 fully saturated rings. The van der Waals surface area contributed by atoms with E-state index in [9.17, 15) is 4.79 Å². The Bertz CT molecular complexity index is 403. The van der Waals surface area contributed by atoms with Crippen LogP contribution in [0.4, 0.5) is 0 Å². The molecule has 0 bridgehead atoms. The molecule has 0 aliphatic carbocycles. The van der Waals surface area contributed by atoms with Gasteiger partial charge in [-0.05, 0) is 12.5 Å². The number of hydrogen-bond donors (Lipinski definition) is 0. The molecule has 156 valence electrons. The van der Waals surface area contributed by atoms with E-state index < -0.39 is 0 Å². The van der Waals surface area contributed by atoms with Gasteiger partial charge in [-0.25, -0.2) is 0 Å². The molecule has 3 heteroatoms. The number of carbonyl (C=O) groups is 1. The Kier molecular flexibility index (Phi) is 16.0. The third-order valence-electron chi connectivity index (χ3n) is 5.26. The molecule has 0 N–H and O–H groups in total. The fourth-order valence-corrected chi connectivity index (χ4v) is 3.47. The Morgan fingerprint density at radius 2 is 1.30 bits per heavy atom. The molecule has 0 aromatic carbocycles. The molecule has 1 aliphatic heterocycles. The van der Waals surface area contributed by atoms with E-state index in [1.54, 1.807) is 0 Å². The van der Waals surface area contributed by atoms with Crippen LogP contribution in [-0.2, 0) is 9.53 Å². The van der Waals surface area contributed by atoms with Crippen LogP contribution >= 0.6 is 0 Å². The summed E-state index contributed by atoms with van der Waals surface area (Å²) in [7, 11) is 0. The maximum Gasteiger partial charge on any atom is 0.307 e. The highest BCUT2D eigenvalue weighted by atomic mass is 16.5. The largest absolute Gasteiger partial charge is 0.444 e. The number of allylic oxidation sites excluding steroid dienone is 2. The maximum atomic E-state index is 11.7. The number of hydrogen-bond acceptors (Lipinski definition) is 3. The number of rotatable bonds is 18. The van der Waals surface area contributed by atoms with Crippen molar-refractivity contribution in [2.45, 2.75) is 110 Å². The molecule has 0 atom stereocenters. The zero-order chi connectivity index (χ0) is 19.4. The number of carbonyl (C=O) groups excluding carboxylic acids is 1. The van der Waals surface area contributed by atoms with E-state index in [1.165, 1.54) is 83.5 Å². The minimum absolute atomic E-state index is 0.0624. The van der Waals surface area contributed by atoms with Crippen LogP contribution in [0.2, 0.25) is 0 Å². The van der Waals surface area contributed by atoms with Crippen LogP contribution in [0, 0.1) is 0 Å². The van der Waals surface area contributed by atoms with Crippen molar-refractivity contribution in [2.24, 2.45) is 0 Å². The minimum Gasteiger partial charge on any atom is -0.444 e. The van der Waals surface area contributed by atoms with Crippen molar-refractivity contribution in [1.82, 2.24) is 4.90 Å². The van der Waals surface area contributed by atoms with Crippen LogP contribution in [0.3, 0.4) is 0 Å². The van der Waals surface area contributed by atoms with Gasteiger partial charge in [0.2, 0.25) is 0 Å². The Balaban J connectivity index is 1.74. The molecule has 0 spiro atoms. The summed E-state index contributed by atoms with van der Waals surface area (Å²) >= 11 is 0. The van der Waals surface area contributed by atoms with Crippen molar-refractivity contribution >= 4 is 5.97 Å². The molecule has 0 saturated carbocycles. The SMILES string of the molecule is CCCCCCCCCCCCCCCCCC(=O)OCN1C=CC=CC1. The molecule has 27 heavy (non-hydrogen) atoms. The molecule has 0 saturated heterocycles. The van der Waals surface area contributed by atoms with Crippen molar-refractivity contribution in [1.29, 1.82) is 0 Å². The fraction of sp³-hybridized carbons (Fsp3) is 0.792. The van der Waals surface area contributed by atoms with E-state index in [-0.39, 0.29) is 5.97 Å². The molecule has 0 amide bonds. The van der Waals surface area contributed by atoms with Gasteiger partial charge in [0.1, 0.15) is 0 Å². The van der Waals surface area contributed by atoms with Gasteiger partial charge >= 0.3 is 5.97 Å². The second-order valence-corrected chi connectivity index (χ2v) is 7.89. The van der Waals surface area contributed by atoms with Gasteiger partial charge in [-0.15, -0.1) is 0 Å². The average Bonchev–Trinajstić information content (AvgIpc) is 2.70. The van der Waals surface area contributed by atoms with Crippen molar-refractivity contribution < 1.29 is 9.53 Å². The van der Waals surface area contributed by atoms with Gasteiger partial charge in [-0.2, -0.15) is 0 Å². The molecule has 0 radical (unpaired) electrons. The van der Waals surface area contributed by atoms with Crippen LogP contribution in [0.15, 0.2) is 24.4 Å². The lowest BCUT2D eigenvalue weighted by Gasteiger charge is -2.19. The number of unbranched alkanes of at least 4 members (excludes halogenated alkanes) is 14. The Morgan fingerprint density at radius 1 is 0.778 bits per heavy atom. The van der Waals surface area contributed by atoms with Gasteiger partial charge in [-0.3, -0.25) is 4.79 Å². The highest BCUT2D eigenvalue weighted by molar-refractivity contribution is 5.69. The first-order valence-corrected chi connectivity index (χ1v) is 11.6. The first kappa shape index (κ1) is 23.8. The van der Waals surface area contributed by atoms with Gasteiger partial charge in [0.25, 0.3) is 0 Å². The van der Waals surface area contributed by atoms with Crippen molar-refractivity contribution in [2.75, 3.05) is 13.3 Å². The third kappa shape index (κ3) is 15.5. The Hall–Kier alpha value is -1.25. The molecular weight excluding hydrogens is 334 g/mol. The topological polar surface area (TPSA) is 29.5 Å². The lowest BCUT2D eigenvalue weighted by atomic mass is 10.0. The summed E-state index contributed by atoms with van der Waals surface area (Å²) in [6, 6.07) is 0. The van der Waals surface area contributed by atoms with Gasteiger partial charge < -0.3 is 9.64 Å². The summed E-state index contributed by atoms with van der Waals surface area (Å²) in [5.41, 5.74) is 0. The minimum atomic E-state index is -0.0624. The van der Waals surface area contributed by atoms with E-state index in [0.717, 1.165) is 19.4 Å². The monoisotopic (exact) mass is 377 g/mol. The Labute approximate surface area is 168 Å². The second kappa shape index (κ2) is 18.1. The summed E-state index contributed by atoms with van der Waals surface area (Å²) in [4.78, 5) is 13.7. The van der Waals surface area contributed by atoms with Crippen LogP contribution in [-0.4, -0.2) is 24.1 Å². The van der Waals surface area contributed by atoms with Crippen LogP contribution in [0.1, 0.15) is 110 Å². The number of esters is 1. The van der Waals surface area contributed by atoms with Crippen LogP contribution in [0.25, 0.3) is 0 Å². The molecule has 0 aromatic rings. The van der Waals surface area contributed by atoms with E-state index in [2.05, 4.69) is 13.0 Å². The third-order valence-corrected chi connectivity index (χ3v) is 5.26. The van der Waals surface area contributed by atoms with Gasteiger partial charge in [0.05, 0.1) is 0 Å². The summed E-state index contributed by atoms with van der Waals surface area (Å²) in [5, 5.41) is 0. The maximum absolute atomic E-state index is 11.7. The predicted molar refractivity (Wildman–Crippen MR) is 115 cm³/mol. The summed E-state index contributed by atoms with van der Waals surface area (Å²) in [5.74, 6) is -0.0624. The first-order valence-electron chi connectivity index (χ1n) is 11.6. The summed E-state index contributed by atoms with van der Waals surface area (Å²) < 4.78 is 5.30.